The van der Waals surface area contributed by atoms with Crippen molar-refractivity contribution in [2.75, 3.05) is 19.7 Å². The molecule has 1 saturated carbocycles. The van der Waals surface area contributed by atoms with Gasteiger partial charge in [0, 0.05) is 36.9 Å². The van der Waals surface area contributed by atoms with Crippen molar-refractivity contribution in [3.8, 4) is 5.75 Å². The molecule has 1 N–H and O–H groups in total. The lowest BCUT2D eigenvalue weighted by molar-refractivity contribution is -0.126. The molecule has 3 atom stereocenters. The molecule has 184 valence electrons. The highest BCUT2D eigenvalue weighted by Gasteiger charge is 2.40. The number of allylic oxidation sites excluding steroid dienone is 1. The molecule has 4 aliphatic rings. The summed E-state index contributed by atoms with van der Waals surface area (Å²) < 4.78 is 36.4. The van der Waals surface area contributed by atoms with E-state index >= 15 is 0 Å². The quantitative estimate of drug-likeness (QED) is 0.656. The van der Waals surface area contributed by atoms with Crippen LogP contribution in [-0.2, 0) is 16.1 Å². The van der Waals surface area contributed by atoms with E-state index in [2.05, 4.69) is 16.8 Å². The van der Waals surface area contributed by atoms with E-state index in [0.29, 0.717) is 43.7 Å². The Hall–Kier alpha value is -2.52. The summed E-state index contributed by atoms with van der Waals surface area (Å²) in [5.74, 6) is 0.419. The van der Waals surface area contributed by atoms with Crippen LogP contribution in [-0.4, -0.2) is 72.0 Å². The van der Waals surface area contributed by atoms with Crippen LogP contribution >= 0.6 is 0 Å². The Bertz CT molecular complexity index is 965. The number of piperidine rings is 1. The van der Waals surface area contributed by atoms with Crippen molar-refractivity contribution in [1.29, 1.82) is 0 Å². The highest BCUT2D eigenvalue weighted by atomic mass is 19.3. The maximum atomic E-state index is 13.0. The normalized spacial score (nSPS) is 28.1. The zero-order valence-corrected chi connectivity index (χ0v) is 19.2. The van der Waals surface area contributed by atoms with Crippen molar-refractivity contribution in [3.63, 3.8) is 0 Å². The van der Waals surface area contributed by atoms with Crippen LogP contribution in [0, 0.1) is 0 Å². The van der Waals surface area contributed by atoms with Crippen LogP contribution in [0.2, 0.25) is 0 Å². The van der Waals surface area contributed by atoms with E-state index in [9.17, 15) is 18.4 Å². The predicted octanol–water partition coefficient (Wildman–Crippen LogP) is 3.09. The van der Waals surface area contributed by atoms with Crippen molar-refractivity contribution >= 4 is 11.8 Å². The van der Waals surface area contributed by atoms with E-state index in [-0.39, 0.29) is 30.1 Å². The molecule has 3 fully saturated rings. The Morgan fingerprint density at radius 1 is 1.15 bits per heavy atom. The van der Waals surface area contributed by atoms with Crippen molar-refractivity contribution in [3.05, 3.63) is 41.6 Å². The van der Waals surface area contributed by atoms with Gasteiger partial charge in [-0.1, -0.05) is 13.0 Å². The number of ether oxygens (including phenoxy) is 2. The van der Waals surface area contributed by atoms with Crippen LogP contribution in [0.15, 0.2) is 30.5 Å². The van der Waals surface area contributed by atoms with Crippen molar-refractivity contribution < 1.29 is 27.8 Å². The lowest BCUT2D eigenvalue weighted by Gasteiger charge is -2.48. The van der Waals surface area contributed by atoms with E-state index in [4.69, 9.17) is 9.47 Å². The van der Waals surface area contributed by atoms with Crippen LogP contribution in [0.3, 0.4) is 0 Å². The van der Waals surface area contributed by atoms with Crippen LogP contribution in [0.25, 0.3) is 0 Å². The fourth-order valence-electron chi connectivity index (χ4n) is 5.57. The standard InChI is InChI=1S/C25H31F2N3O4/c1-15-6-9-21(24(31)28-15)30-11-16-10-17(7-8-19(16)25(30)32)34-22-5-3-2-4-20(22)29-12-18(13-29)33-14-23(26)27/h7-8,10,18,20-23H,1-6,9,11-14H2,(H,28,31). The zero-order chi connectivity index (χ0) is 23.8. The van der Waals surface area contributed by atoms with Gasteiger partial charge in [-0.3, -0.25) is 14.5 Å². The largest absolute Gasteiger partial charge is 0.489 e. The Morgan fingerprint density at radius 3 is 2.71 bits per heavy atom. The Kier molecular flexibility index (Phi) is 6.57. The summed E-state index contributed by atoms with van der Waals surface area (Å²) >= 11 is 0. The Morgan fingerprint density at radius 2 is 1.94 bits per heavy atom. The molecule has 5 rings (SSSR count). The topological polar surface area (TPSA) is 71.1 Å². The molecule has 2 saturated heterocycles. The molecular weight excluding hydrogens is 444 g/mol. The molecule has 2 amide bonds. The molecule has 9 heteroatoms. The van der Waals surface area contributed by atoms with Gasteiger partial charge in [-0.2, -0.15) is 0 Å². The lowest BCUT2D eigenvalue weighted by atomic mass is 9.89. The summed E-state index contributed by atoms with van der Waals surface area (Å²) in [6.45, 7) is 4.99. The number of fused-ring (bicyclic) bond motifs is 1. The first-order chi connectivity index (χ1) is 16.4. The van der Waals surface area contributed by atoms with Gasteiger partial charge in [0.2, 0.25) is 5.91 Å². The van der Waals surface area contributed by atoms with Crippen molar-refractivity contribution in [2.24, 2.45) is 0 Å². The third-order valence-corrected chi connectivity index (χ3v) is 7.37. The fourth-order valence-corrected chi connectivity index (χ4v) is 5.57. The summed E-state index contributed by atoms with van der Waals surface area (Å²) in [7, 11) is 0. The summed E-state index contributed by atoms with van der Waals surface area (Å²) in [5, 5.41) is 2.76. The van der Waals surface area contributed by atoms with Crippen LogP contribution in [0.5, 0.6) is 5.75 Å². The molecule has 3 unspecified atom stereocenters. The van der Waals surface area contributed by atoms with Gasteiger partial charge in [-0.15, -0.1) is 0 Å². The molecule has 0 aromatic heterocycles. The fraction of sp³-hybridized carbons (Fsp3) is 0.600. The van der Waals surface area contributed by atoms with Gasteiger partial charge < -0.3 is 19.7 Å². The second-order valence-corrected chi connectivity index (χ2v) is 9.71. The first-order valence-electron chi connectivity index (χ1n) is 12.1. The van der Waals surface area contributed by atoms with Crippen molar-refractivity contribution in [2.45, 2.75) is 75.8 Å². The zero-order valence-electron chi connectivity index (χ0n) is 19.2. The number of carbonyl (C=O) groups is 2. The number of benzene rings is 1. The minimum Gasteiger partial charge on any atom is -0.489 e. The Balaban J connectivity index is 1.22. The number of halogens is 2. The molecule has 7 nitrogen and oxygen atoms in total. The van der Waals surface area contributed by atoms with Crippen LogP contribution < -0.4 is 10.1 Å². The van der Waals surface area contributed by atoms with E-state index in [0.717, 1.165) is 37.0 Å². The third kappa shape index (κ3) is 4.68. The van der Waals surface area contributed by atoms with Crippen molar-refractivity contribution in [1.82, 2.24) is 15.1 Å². The number of nitrogens with zero attached hydrogens (tertiary/aromatic N) is 2. The molecule has 0 radical (unpaired) electrons. The number of hydrogen-bond acceptors (Lipinski definition) is 5. The number of likely N-dealkylation sites (tertiary alicyclic amines) is 1. The monoisotopic (exact) mass is 475 g/mol. The van der Waals surface area contributed by atoms with Gasteiger partial charge in [0.05, 0.1) is 6.10 Å². The average molecular weight is 476 g/mol. The molecule has 0 bridgehead atoms. The smallest absolute Gasteiger partial charge is 0.261 e. The van der Waals surface area contributed by atoms with Crippen LogP contribution in [0.1, 0.15) is 54.4 Å². The van der Waals surface area contributed by atoms with Gasteiger partial charge in [0.15, 0.2) is 0 Å². The van der Waals surface area contributed by atoms with E-state index in [1.54, 1.807) is 11.0 Å². The summed E-state index contributed by atoms with van der Waals surface area (Å²) in [6.07, 6.45) is 2.81. The first kappa shape index (κ1) is 23.2. The predicted molar refractivity (Wildman–Crippen MR) is 121 cm³/mol. The second kappa shape index (κ2) is 9.62. The SMILES string of the molecule is C=C1CCC(N2Cc3cc(OC4CCCCC4N4CC(OCC(F)F)C4)ccc3C2=O)C(=O)N1. The second-order valence-electron chi connectivity index (χ2n) is 9.71. The van der Waals surface area contributed by atoms with Gasteiger partial charge in [-0.05, 0) is 55.9 Å². The minimum absolute atomic E-state index is 0.00573. The number of hydrogen-bond donors (Lipinski definition) is 1. The molecule has 3 aliphatic heterocycles. The highest BCUT2D eigenvalue weighted by molar-refractivity contribution is 6.01. The average Bonchev–Trinajstić information content (AvgIpc) is 3.09. The molecule has 0 spiro atoms. The summed E-state index contributed by atoms with van der Waals surface area (Å²) in [4.78, 5) is 29.3. The third-order valence-electron chi connectivity index (χ3n) is 7.37. The molecule has 1 aromatic carbocycles. The van der Waals surface area contributed by atoms with E-state index < -0.39 is 19.1 Å². The molecule has 3 heterocycles. The molecule has 1 aliphatic carbocycles. The Labute approximate surface area is 198 Å². The number of rotatable bonds is 7. The minimum atomic E-state index is -2.44. The summed E-state index contributed by atoms with van der Waals surface area (Å²) in [6, 6.07) is 5.29. The number of carbonyl (C=O) groups excluding carboxylic acids is 2. The lowest BCUT2D eigenvalue weighted by Crippen LogP contribution is -2.61. The first-order valence-corrected chi connectivity index (χ1v) is 12.1. The maximum absolute atomic E-state index is 13.0. The van der Waals surface area contributed by atoms with Gasteiger partial charge in [0.25, 0.3) is 12.3 Å². The summed E-state index contributed by atoms with van der Waals surface area (Å²) in [5.41, 5.74) is 2.18. The number of nitrogens with one attached hydrogen (secondary N) is 1. The van der Waals surface area contributed by atoms with E-state index in [1.807, 2.05) is 12.1 Å². The van der Waals surface area contributed by atoms with Crippen LogP contribution in [0.4, 0.5) is 8.78 Å². The maximum Gasteiger partial charge on any atom is 0.261 e. The van der Waals surface area contributed by atoms with E-state index in [1.165, 1.54) is 0 Å². The number of alkyl halides is 2. The van der Waals surface area contributed by atoms with Gasteiger partial charge >= 0.3 is 0 Å². The number of amides is 2. The van der Waals surface area contributed by atoms with Gasteiger partial charge in [-0.25, -0.2) is 8.78 Å². The van der Waals surface area contributed by atoms with Gasteiger partial charge in [0.1, 0.15) is 24.5 Å². The molecule has 34 heavy (non-hydrogen) atoms. The molecule has 1 aromatic rings. The highest BCUT2D eigenvalue weighted by Crippen LogP contribution is 2.34. The molecular formula is C25H31F2N3O4.